The molecule has 0 saturated carbocycles. The number of benzene rings is 1. The second-order valence-corrected chi connectivity index (χ2v) is 4.32. The molecule has 0 aliphatic heterocycles. The van der Waals surface area contributed by atoms with Gasteiger partial charge in [-0.3, -0.25) is 0 Å². The summed E-state index contributed by atoms with van der Waals surface area (Å²) in [6, 6.07) is 10.5. The van der Waals surface area contributed by atoms with Crippen LogP contribution in [0.25, 0.3) is 0 Å². The maximum Gasteiger partial charge on any atom is 0.225 e. The molecule has 0 aliphatic carbocycles. The third-order valence-corrected chi connectivity index (χ3v) is 3.07. The van der Waals surface area contributed by atoms with Crippen molar-refractivity contribution in [2.45, 2.75) is 32.7 Å². The van der Waals surface area contributed by atoms with Crippen LogP contribution in [0.5, 0.6) is 0 Å². The summed E-state index contributed by atoms with van der Waals surface area (Å²) in [6.45, 7) is 2.94. The molecule has 0 unspecified atom stereocenters. The zero-order valence-corrected chi connectivity index (χ0v) is 10.7. The molecule has 1 heterocycles. The Morgan fingerprint density at radius 3 is 2.65 bits per heavy atom. The smallest absolute Gasteiger partial charge is 0.225 e. The van der Waals surface area contributed by atoms with E-state index in [2.05, 4.69) is 41.4 Å². The van der Waals surface area contributed by atoms with Gasteiger partial charge in [0.05, 0.1) is 0 Å². The Morgan fingerprint density at radius 1 is 1.18 bits per heavy atom. The molecule has 90 valence electrons. The first-order chi connectivity index (χ1) is 8.31. The van der Waals surface area contributed by atoms with Crippen molar-refractivity contribution in [2.75, 3.05) is 0 Å². The molecular formula is C13H16ClN3. The van der Waals surface area contributed by atoms with Gasteiger partial charge in [0, 0.05) is 13.0 Å². The molecule has 0 spiro atoms. The van der Waals surface area contributed by atoms with E-state index in [1.165, 1.54) is 5.56 Å². The molecule has 0 bridgehead atoms. The Bertz CT molecular complexity index is 465. The number of aryl methyl sites for hydroxylation is 2. The number of hydrogen-bond acceptors (Lipinski definition) is 2. The first-order valence-corrected chi connectivity index (χ1v) is 6.30. The summed E-state index contributed by atoms with van der Waals surface area (Å²) in [5, 5.41) is 8.43. The number of rotatable bonds is 5. The molecule has 0 N–H and O–H groups in total. The molecule has 2 aromatic rings. The van der Waals surface area contributed by atoms with E-state index in [4.69, 9.17) is 11.6 Å². The summed E-state index contributed by atoms with van der Waals surface area (Å²) in [7, 11) is 0. The first-order valence-electron chi connectivity index (χ1n) is 5.92. The number of aromatic nitrogens is 3. The zero-order chi connectivity index (χ0) is 12.1. The van der Waals surface area contributed by atoms with Crippen LogP contribution in [0.1, 0.15) is 24.7 Å². The van der Waals surface area contributed by atoms with E-state index < -0.39 is 0 Å². The van der Waals surface area contributed by atoms with Gasteiger partial charge in [-0.25, -0.2) is 0 Å². The van der Waals surface area contributed by atoms with Gasteiger partial charge >= 0.3 is 0 Å². The van der Waals surface area contributed by atoms with Crippen molar-refractivity contribution in [3.8, 4) is 0 Å². The van der Waals surface area contributed by atoms with Crippen molar-refractivity contribution in [1.82, 2.24) is 14.8 Å². The van der Waals surface area contributed by atoms with Crippen LogP contribution in [-0.4, -0.2) is 14.8 Å². The summed E-state index contributed by atoms with van der Waals surface area (Å²) >= 11 is 5.99. The summed E-state index contributed by atoms with van der Waals surface area (Å²) < 4.78 is 1.99. The number of hydrogen-bond donors (Lipinski definition) is 0. The fraction of sp³-hybridized carbons (Fsp3) is 0.385. The van der Waals surface area contributed by atoms with Crippen LogP contribution < -0.4 is 0 Å². The van der Waals surface area contributed by atoms with Gasteiger partial charge in [0.1, 0.15) is 5.82 Å². The molecule has 4 heteroatoms. The first kappa shape index (κ1) is 12.1. The van der Waals surface area contributed by atoms with Gasteiger partial charge < -0.3 is 4.57 Å². The van der Waals surface area contributed by atoms with E-state index in [-0.39, 0.29) is 0 Å². The highest BCUT2D eigenvalue weighted by atomic mass is 35.5. The SMILES string of the molecule is CCc1nnc(Cl)n1CCCc1ccccc1. The monoisotopic (exact) mass is 249 g/mol. The molecule has 1 aromatic heterocycles. The summed E-state index contributed by atoms with van der Waals surface area (Å²) in [4.78, 5) is 0. The largest absolute Gasteiger partial charge is 0.302 e. The van der Waals surface area contributed by atoms with Crippen molar-refractivity contribution in [1.29, 1.82) is 0 Å². The maximum absolute atomic E-state index is 5.99. The van der Waals surface area contributed by atoms with Crippen LogP contribution in [0, 0.1) is 0 Å². The Morgan fingerprint density at radius 2 is 1.94 bits per heavy atom. The molecule has 0 amide bonds. The molecule has 1 aromatic carbocycles. The van der Waals surface area contributed by atoms with Crippen molar-refractivity contribution < 1.29 is 0 Å². The van der Waals surface area contributed by atoms with E-state index in [1.807, 2.05) is 10.6 Å². The lowest BCUT2D eigenvalue weighted by atomic mass is 10.1. The van der Waals surface area contributed by atoms with Gasteiger partial charge in [-0.2, -0.15) is 0 Å². The second-order valence-electron chi connectivity index (χ2n) is 3.98. The average Bonchev–Trinajstić information content (AvgIpc) is 2.72. The topological polar surface area (TPSA) is 30.7 Å². The minimum Gasteiger partial charge on any atom is -0.302 e. The van der Waals surface area contributed by atoms with Gasteiger partial charge in [0.15, 0.2) is 0 Å². The summed E-state index contributed by atoms with van der Waals surface area (Å²) in [6.07, 6.45) is 2.97. The molecule has 2 rings (SSSR count). The molecule has 0 atom stereocenters. The fourth-order valence-corrected chi connectivity index (χ4v) is 2.10. The van der Waals surface area contributed by atoms with Crippen LogP contribution in [0.4, 0.5) is 0 Å². The van der Waals surface area contributed by atoms with E-state index in [0.717, 1.165) is 31.6 Å². The maximum atomic E-state index is 5.99. The van der Waals surface area contributed by atoms with Crippen molar-refractivity contribution in [3.63, 3.8) is 0 Å². The fourth-order valence-electron chi connectivity index (χ4n) is 1.88. The van der Waals surface area contributed by atoms with Crippen molar-refractivity contribution >= 4 is 11.6 Å². The van der Waals surface area contributed by atoms with Crippen molar-refractivity contribution in [2.24, 2.45) is 0 Å². The highest BCUT2D eigenvalue weighted by Gasteiger charge is 2.07. The van der Waals surface area contributed by atoms with Crippen LogP contribution in [0.3, 0.4) is 0 Å². The van der Waals surface area contributed by atoms with Gasteiger partial charge in [-0.15, -0.1) is 10.2 Å². The Labute approximate surface area is 106 Å². The third kappa shape index (κ3) is 3.07. The lowest BCUT2D eigenvalue weighted by Gasteiger charge is -2.06. The molecule has 0 radical (unpaired) electrons. The van der Waals surface area contributed by atoms with Crippen LogP contribution in [0.2, 0.25) is 5.28 Å². The Balaban J connectivity index is 1.92. The van der Waals surface area contributed by atoms with E-state index >= 15 is 0 Å². The Kier molecular flexibility index (Phi) is 4.15. The van der Waals surface area contributed by atoms with Crippen LogP contribution in [-0.2, 0) is 19.4 Å². The van der Waals surface area contributed by atoms with Crippen LogP contribution in [0.15, 0.2) is 30.3 Å². The normalized spacial score (nSPS) is 10.7. The van der Waals surface area contributed by atoms with Crippen LogP contribution >= 0.6 is 11.6 Å². The quantitative estimate of drug-likeness (QED) is 0.815. The third-order valence-electron chi connectivity index (χ3n) is 2.79. The van der Waals surface area contributed by atoms with E-state index in [0.29, 0.717) is 5.28 Å². The van der Waals surface area contributed by atoms with Gasteiger partial charge in [0.2, 0.25) is 5.28 Å². The summed E-state index contributed by atoms with van der Waals surface area (Å²) in [5.74, 6) is 0.961. The number of halogens is 1. The molecular weight excluding hydrogens is 234 g/mol. The standard InChI is InChI=1S/C13H16ClN3/c1-2-12-15-16-13(14)17(12)10-6-9-11-7-4-3-5-8-11/h3-5,7-8H,2,6,9-10H2,1H3. The lowest BCUT2D eigenvalue weighted by molar-refractivity contribution is 0.614. The molecule has 0 saturated heterocycles. The molecule has 0 fully saturated rings. The number of nitrogens with zero attached hydrogens (tertiary/aromatic N) is 3. The van der Waals surface area contributed by atoms with E-state index in [9.17, 15) is 0 Å². The van der Waals surface area contributed by atoms with Gasteiger partial charge in [-0.05, 0) is 30.0 Å². The minimum absolute atomic E-state index is 0.495. The highest BCUT2D eigenvalue weighted by Crippen LogP contribution is 2.11. The molecule has 0 aliphatic rings. The van der Waals surface area contributed by atoms with E-state index in [1.54, 1.807) is 0 Å². The van der Waals surface area contributed by atoms with Gasteiger partial charge in [-0.1, -0.05) is 37.3 Å². The average molecular weight is 250 g/mol. The van der Waals surface area contributed by atoms with Crippen molar-refractivity contribution in [3.05, 3.63) is 47.0 Å². The predicted octanol–water partition coefficient (Wildman–Crippen LogP) is 3.13. The second kappa shape index (κ2) is 5.82. The van der Waals surface area contributed by atoms with Gasteiger partial charge in [0.25, 0.3) is 0 Å². The molecule has 17 heavy (non-hydrogen) atoms. The minimum atomic E-state index is 0.495. The predicted molar refractivity (Wildman–Crippen MR) is 69.2 cm³/mol. The summed E-state index contributed by atoms with van der Waals surface area (Å²) in [5.41, 5.74) is 1.36. The Hall–Kier alpha value is -1.35. The molecule has 3 nitrogen and oxygen atoms in total. The highest BCUT2D eigenvalue weighted by molar-refractivity contribution is 6.28. The lowest BCUT2D eigenvalue weighted by Crippen LogP contribution is -2.04. The zero-order valence-electron chi connectivity index (χ0n) is 9.93.